The third-order valence-corrected chi connectivity index (χ3v) is 5.73. The number of likely N-dealkylation sites (N-methyl/N-ethyl adjacent to an activating group) is 2. The Morgan fingerprint density at radius 2 is 1.42 bits per heavy atom. The van der Waals surface area contributed by atoms with E-state index in [0.717, 1.165) is 41.2 Å². The molecule has 11 nitrogen and oxygen atoms in total. The standard InChI is InChI=1S/C24H32N6O.2C2HF3O2/c1-5-30(18-19-9-7-6-8-10-19)24(31)27-22-12-11-20(21-16-25-26-17-21)15-23(22)29(4)14-13-28(2)3;2*3-2(4,5)1(6)7/h6-12,15-17H,5,13-14,18H2,1-4H3,(H,25,26)(H,27,31);2*(H,6,7). The minimum Gasteiger partial charge on any atom is -0.475 e. The first-order chi connectivity index (χ1) is 20.9. The van der Waals surface area contributed by atoms with Crippen molar-refractivity contribution in [1.82, 2.24) is 20.0 Å². The Bertz CT molecular complexity index is 1330. The van der Waals surface area contributed by atoms with Crippen molar-refractivity contribution in [2.75, 3.05) is 51.0 Å². The normalized spacial score (nSPS) is 11.0. The van der Waals surface area contributed by atoms with Crippen LogP contribution >= 0.6 is 0 Å². The quantitative estimate of drug-likeness (QED) is 0.226. The molecule has 3 aromatic rings. The van der Waals surface area contributed by atoms with Gasteiger partial charge in [0.2, 0.25) is 0 Å². The van der Waals surface area contributed by atoms with Crippen LogP contribution in [0.5, 0.6) is 0 Å². The summed E-state index contributed by atoms with van der Waals surface area (Å²) in [5.41, 5.74) is 4.95. The first-order valence-electron chi connectivity index (χ1n) is 13.1. The average Bonchev–Trinajstić information content (AvgIpc) is 3.50. The van der Waals surface area contributed by atoms with Gasteiger partial charge in [0.25, 0.3) is 0 Å². The van der Waals surface area contributed by atoms with Crippen molar-refractivity contribution in [1.29, 1.82) is 0 Å². The van der Waals surface area contributed by atoms with Crippen molar-refractivity contribution in [3.63, 3.8) is 0 Å². The number of carboxylic acid groups (broad SMARTS) is 2. The average molecular weight is 649 g/mol. The Hall–Kier alpha value is -4.80. The van der Waals surface area contributed by atoms with Crippen molar-refractivity contribution in [3.8, 4) is 11.1 Å². The topological polar surface area (TPSA) is 142 Å². The van der Waals surface area contributed by atoms with Crippen molar-refractivity contribution in [2.24, 2.45) is 0 Å². The second kappa shape index (κ2) is 17.5. The van der Waals surface area contributed by atoms with E-state index in [1.807, 2.05) is 60.5 Å². The molecule has 17 heteroatoms. The highest BCUT2D eigenvalue weighted by molar-refractivity contribution is 5.94. The maximum atomic E-state index is 13.1. The fraction of sp³-hybridized carbons (Fsp3) is 0.357. The number of nitrogens with one attached hydrogen (secondary N) is 2. The van der Waals surface area contributed by atoms with Crippen LogP contribution in [0.4, 0.5) is 42.5 Å². The van der Waals surface area contributed by atoms with Crippen LogP contribution in [0.15, 0.2) is 60.9 Å². The summed E-state index contributed by atoms with van der Waals surface area (Å²) in [5.74, 6) is -5.51. The molecule has 2 amide bonds. The van der Waals surface area contributed by atoms with Crippen molar-refractivity contribution in [3.05, 3.63) is 66.5 Å². The fourth-order valence-corrected chi connectivity index (χ4v) is 3.34. The van der Waals surface area contributed by atoms with E-state index in [-0.39, 0.29) is 6.03 Å². The number of carboxylic acids is 2. The zero-order valence-corrected chi connectivity index (χ0v) is 24.8. The Balaban J connectivity index is 0.000000601. The molecule has 0 aliphatic carbocycles. The number of anilines is 2. The lowest BCUT2D eigenvalue weighted by Gasteiger charge is -2.27. The number of aromatic nitrogens is 2. The number of urea groups is 1. The second-order valence-electron chi connectivity index (χ2n) is 9.48. The van der Waals surface area contributed by atoms with E-state index >= 15 is 0 Å². The molecule has 1 aromatic heterocycles. The number of carbonyl (C=O) groups is 3. The molecule has 0 spiro atoms. The van der Waals surface area contributed by atoms with Gasteiger partial charge >= 0.3 is 30.3 Å². The number of nitrogens with zero attached hydrogens (tertiary/aromatic N) is 4. The minimum atomic E-state index is -5.08. The van der Waals surface area contributed by atoms with Gasteiger partial charge in [0.05, 0.1) is 17.6 Å². The SMILES string of the molecule is CCN(Cc1ccccc1)C(=O)Nc1ccc(-c2cn[nH]c2)cc1N(C)CCN(C)C.O=C(O)C(F)(F)F.O=C(O)C(F)(F)F. The largest absolute Gasteiger partial charge is 0.490 e. The van der Waals surface area contributed by atoms with Gasteiger partial charge in [-0.3, -0.25) is 5.10 Å². The summed E-state index contributed by atoms with van der Waals surface area (Å²) in [6.45, 7) is 4.94. The van der Waals surface area contributed by atoms with Gasteiger partial charge in [0.15, 0.2) is 0 Å². The van der Waals surface area contributed by atoms with Gasteiger partial charge in [-0.2, -0.15) is 31.4 Å². The van der Waals surface area contributed by atoms with Crippen LogP contribution in [0.1, 0.15) is 12.5 Å². The number of aliphatic carboxylic acids is 2. The predicted molar refractivity (Wildman–Crippen MR) is 155 cm³/mol. The molecule has 0 unspecified atom stereocenters. The molecule has 0 aliphatic rings. The van der Waals surface area contributed by atoms with Gasteiger partial charge in [0, 0.05) is 45.0 Å². The van der Waals surface area contributed by atoms with Gasteiger partial charge in [-0.1, -0.05) is 36.4 Å². The number of aromatic amines is 1. The number of H-pyrrole nitrogens is 1. The number of rotatable bonds is 9. The molecule has 0 saturated carbocycles. The smallest absolute Gasteiger partial charge is 0.475 e. The highest BCUT2D eigenvalue weighted by Gasteiger charge is 2.38. The lowest BCUT2D eigenvalue weighted by Crippen LogP contribution is -2.35. The molecular formula is C28H34F6N6O5. The Kier molecular flexibility index (Phi) is 14.9. The molecule has 0 saturated heterocycles. The maximum Gasteiger partial charge on any atom is 0.490 e. The molecule has 2 aromatic carbocycles. The zero-order chi connectivity index (χ0) is 34.4. The summed E-state index contributed by atoms with van der Waals surface area (Å²) in [7, 11) is 6.16. The van der Waals surface area contributed by atoms with Crippen LogP contribution in [0.2, 0.25) is 0 Å². The monoisotopic (exact) mass is 648 g/mol. The van der Waals surface area contributed by atoms with Crippen LogP contribution in [-0.4, -0.2) is 101 Å². The summed E-state index contributed by atoms with van der Waals surface area (Å²) in [5, 5.41) is 24.3. The van der Waals surface area contributed by atoms with E-state index in [2.05, 4.69) is 52.5 Å². The van der Waals surface area contributed by atoms with Gasteiger partial charge < -0.3 is 30.2 Å². The van der Waals surface area contributed by atoms with Crippen molar-refractivity contribution in [2.45, 2.75) is 25.8 Å². The zero-order valence-electron chi connectivity index (χ0n) is 24.8. The summed E-state index contributed by atoms with van der Waals surface area (Å²) in [6.07, 6.45) is -6.49. The molecule has 3 rings (SSSR count). The number of amides is 2. The number of carbonyl (C=O) groups excluding carboxylic acids is 1. The Morgan fingerprint density at radius 1 is 0.867 bits per heavy atom. The highest BCUT2D eigenvalue weighted by atomic mass is 19.4. The van der Waals surface area contributed by atoms with E-state index in [0.29, 0.717) is 13.1 Å². The molecule has 4 N–H and O–H groups in total. The summed E-state index contributed by atoms with van der Waals surface area (Å²) >= 11 is 0. The minimum absolute atomic E-state index is 0.107. The summed E-state index contributed by atoms with van der Waals surface area (Å²) in [6, 6.07) is 16.0. The molecule has 248 valence electrons. The summed E-state index contributed by atoms with van der Waals surface area (Å²) < 4.78 is 63.5. The van der Waals surface area contributed by atoms with Crippen molar-refractivity contribution < 1.29 is 50.9 Å². The lowest BCUT2D eigenvalue weighted by molar-refractivity contribution is -0.193. The number of halogens is 6. The molecule has 1 heterocycles. The van der Waals surface area contributed by atoms with Gasteiger partial charge in [0.1, 0.15) is 0 Å². The van der Waals surface area contributed by atoms with Crippen LogP contribution in [0, 0.1) is 0 Å². The van der Waals surface area contributed by atoms with Crippen LogP contribution in [0.25, 0.3) is 11.1 Å². The molecule has 0 radical (unpaired) electrons. The highest BCUT2D eigenvalue weighted by Crippen LogP contribution is 2.31. The Morgan fingerprint density at radius 3 is 1.87 bits per heavy atom. The number of hydrogen-bond donors (Lipinski definition) is 4. The van der Waals surface area contributed by atoms with Gasteiger partial charge in [-0.15, -0.1) is 0 Å². The van der Waals surface area contributed by atoms with E-state index in [1.165, 1.54) is 0 Å². The molecule has 45 heavy (non-hydrogen) atoms. The first kappa shape index (κ1) is 38.2. The third-order valence-electron chi connectivity index (χ3n) is 5.73. The van der Waals surface area contributed by atoms with Gasteiger partial charge in [-0.05, 0) is 44.3 Å². The molecule has 0 atom stereocenters. The van der Waals surface area contributed by atoms with Gasteiger partial charge in [-0.25, -0.2) is 14.4 Å². The number of hydrogen-bond acceptors (Lipinski definition) is 6. The first-order valence-corrected chi connectivity index (χ1v) is 13.1. The van der Waals surface area contributed by atoms with E-state index < -0.39 is 24.3 Å². The van der Waals surface area contributed by atoms with Crippen LogP contribution in [-0.2, 0) is 16.1 Å². The summed E-state index contributed by atoms with van der Waals surface area (Å²) in [4.78, 5) is 37.0. The second-order valence-corrected chi connectivity index (χ2v) is 9.48. The Labute approximate surface area is 255 Å². The number of benzene rings is 2. The number of alkyl halides is 6. The van der Waals surface area contributed by atoms with E-state index in [1.54, 1.807) is 6.20 Å². The lowest BCUT2D eigenvalue weighted by atomic mass is 10.1. The third kappa shape index (κ3) is 14.0. The molecular weight excluding hydrogens is 614 g/mol. The van der Waals surface area contributed by atoms with E-state index in [4.69, 9.17) is 19.8 Å². The van der Waals surface area contributed by atoms with E-state index in [9.17, 15) is 31.1 Å². The van der Waals surface area contributed by atoms with Crippen LogP contribution < -0.4 is 10.2 Å². The molecule has 0 bridgehead atoms. The maximum absolute atomic E-state index is 13.1. The molecule has 0 fully saturated rings. The molecule has 0 aliphatic heterocycles. The van der Waals surface area contributed by atoms with Crippen LogP contribution in [0.3, 0.4) is 0 Å². The fourth-order valence-electron chi connectivity index (χ4n) is 3.34. The predicted octanol–water partition coefficient (Wildman–Crippen LogP) is 5.40. The van der Waals surface area contributed by atoms with Crippen molar-refractivity contribution >= 4 is 29.3 Å².